The van der Waals surface area contributed by atoms with Gasteiger partial charge in [0.05, 0.1) is 17.7 Å². The molecule has 2 amide bonds. The van der Waals surface area contributed by atoms with Crippen molar-refractivity contribution >= 4 is 47.3 Å². The van der Waals surface area contributed by atoms with Gasteiger partial charge in [0.2, 0.25) is 6.41 Å². The maximum Gasteiger partial charge on any atom is 0.338 e. The first-order valence-electron chi connectivity index (χ1n) is 10.6. The Labute approximate surface area is 209 Å². The fraction of sp³-hybridized carbons (Fsp3) is 0.500. The maximum absolute atomic E-state index is 12.6. The summed E-state index contributed by atoms with van der Waals surface area (Å²) < 4.78 is 15.6. The molecule has 0 saturated carbocycles. The van der Waals surface area contributed by atoms with Crippen LogP contribution in [0.15, 0.2) is 36.4 Å². The zero-order valence-electron chi connectivity index (χ0n) is 19.8. The van der Waals surface area contributed by atoms with Crippen LogP contribution in [0.25, 0.3) is 0 Å². The van der Waals surface area contributed by atoms with E-state index in [2.05, 4.69) is 0 Å². The fourth-order valence-corrected chi connectivity index (χ4v) is 3.63. The third-order valence-corrected chi connectivity index (χ3v) is 5.21. The summed E-state index contributed by atoms with van der Waals surface area (Å²) >= 11 is 1.72. The normalized spacial score (nSPS) is 11.8. The number of nitrogens with zero attached hydrogens (tertiary/aromatic N) is 1. The van der Waals surface area contributed by atoms with Crippen molar-refractivity contribution in [3.05, 3.63) is 47.5 Å². The smallest absolute Gasteiger partial charge is 0.338 e. The molecule has 1 rings (SSSR count). The van der Waals surface area contributed by atoms with Crippen LogP contribution in [0.5, 0.6) is 0 Å². The molecule has 0 aliphatic carbocycles. The number of amides is 2. The number of hydrogen-bond acceptors (Lipinski definition) is 7. The number of hydrogen-bond donors (Lipinski definition) is 0. The molecule has 0 N–H and O–H groups in total. The molecule has 0 saturated heterocycles. The lowest BCUT2D eigenvalue weighted by molar-refractivity contribution is -0.134. The van der Waals surface area contributed by atoms with Crippen molar-refractivity contribution in [2.75, 3.05) is 19.8 Å². The number of rotatable bonds is 13. The SMILES string of the molecule is C/C=C\C(=O)N(C=O)CCC(C)(C)CC(C)(C)OC(=O)c1ccc(C(=O)OCCOI)cc1. The highest BCUT2D eigenvalue weighted by Gasteiger charge is 2.32. The predicted molar refractivity (Wildman–Crippen MR) is 132 cm³/mol. The van der Waals surface area contributed by atoms with E-state index in [1.54, 1.807) is 36.0 Å². The Morgan fingerprint density at radius 3 is 2.09 bits per heavy atom. The second-order valence-electron chi connectivity index (χ2n) is 8.90. The van der Waals surface area contributed by atoms with Gasteiger partial charge >= 0.3 is 11.9 Å². The van der Waals surface area contributed by atoms with E-state index in [1.807, 2.05) is 27.7 Å². The van der Waals surface area contributed by atoms with Crippen LogP contribution >= 0.6 is 23.0 Å². The summed E-state index contributed by atoms with van der Waals surface area (Å²) in [4.78, 5) is 48.9. The molecular formula is C24H32INO7. The topological polar surface area (TPSA) is 99.2 Å². The molecule has 0 aliphatic rings. The minimum absolute atomic E-state index is 0.142. The van der Waals surface area contributed by atoms with Gasteiger partial charge in [0.1, 0.15) is 35.2 Å². The van der Waals surface area contributed by atoms with Crippen molar-refractivity contribution in [3.8, 4) is 0 Å². The molecule has 0 aromatic heterocycles. The molecule has 182 valence electrons. The Kier molecular flexibility index (Phi) is 11.7. The van der Waals surface area contributed by atoms with Gasteiger partial charge < -0.3 is 12.5 Å². The van der Waals surface area contributed by atoms with Crippen molar-refractivity contribution in [2.24, 2.45) is 5.41 Å². The van der Waals surface area contributed by atoms with Crippen LogP contribution in [0.4, 0.5) is 0 Å². The molecule has 8 nitrogen and oxygen atoms in total. The summed E-state index contributed by atoms with van der Waals surface area (Å²) in [7, 11) is 0. The molecule has 0 fully saturated rings. The van der Waals surface area contributed by atoms with Crippen LogP contribution in [0, 0.1) is 5.41 Å². The number of carbonyl (C=O) groups excluding carboxylic acids is 4. The molecule has 9 heteroatoms. The molecule has 33 heavy (non-hydrogen) atoms. The van der Waals surface area contributed by atoms with E-state index < -0.39 is 17.5 Å². The van der Waals surface area contributed by atoms with E-state index in [4.69, 9.17) is 12.5 Å². The Hall–Kier alpha value is -2.27. The van der Waals surface area contributed by atoms with Crippen LogP contribution in [0.1, 0.15) is 68.2 Å². The minimum Gasteiger partial charge on any atom is -0.460 e. The summed E-state index contributed by atoms with van der Waals surface area (Å²) in [6.07, 6.45) is 4.52. The number of carbonyl (C=O) groups is 4. The van der Waals surface area contributed by atoms with Crippen molar-refractivity contribution in [1.82, 2.24) is 4.90 Å². The number of ether oxygens (including phenoxy) is 2. The minimum atomic E-state index is -0.795. The van der Waals surface area contributed by atoms with Gasteiger partial charge in [0.25, 0.3) is 5.91 Å². The van der Waals surface area contributed by atoms with Crippen molar-refractivity contribution < 1.29 is 31.7 Å². The zero-order valence-corrected chi connectivity index (χ0v) is 21.9. The highest BCUT2D eigenvalue weighted by molar-refractivity contribution is 14.1. The number of imide groups is 1. The first-order valence-corrected chi connectivity index (χ1v) is 11.5. The van der Waals surface area contributed by atoms with Gasteiger partial charge in [0, 0.05) is 6.54 Å². The van der Waals surface area contributed by atoms with Crippen LogP contribution in [-0.4, -0.2) is 54.5 Å². The monoisotopic (exact) mass is 573 g/mol. The highest BCUT2D eigenvalue weighted by Crippen LogP contribution is 2.34. The van der Waals surface area contributed by atoms with E-state index >= 15 is 0 Å². The number of halogens is 1. The average molecular weight is 573 g/mol. The number of allylic oxidation sites excluding steroid dienone is 1. The quantitative estimate of drug-likeness (QED) is 0.113. The molecule has 0 aliphatic heterocycles. The fourth-order valence-electron chi connectivity index (χ4n) is 3.45. The molecule has 0 bridgehead atoms. The lowest BCUT2D eigenvalue weighted by Crippen LogP contribution is -2.37. The van der Waals surface area contributed by atoms with Gasteiger partial charge in [-0.25, -0.2) is 9.59 Å². The third-order valence-electron chi connectivity index (χ3n) is 4.77. The summed E-state index contributed by atoms with van der Waals surface area (Å²) in [6.45, 7) is 10.0. The molecular weight excluding hydrogens is 541 g/mol. The number of esters is 2. The Morgan fingerprint density at radius 1 is 1.00 bits per heavy atom. The van der Waals surface area contributed by atoms with Gasteiger partial charge in [-0.3, -0.25) is 14.5 Å². The second-order valence-corrected chi connectivity index (χ2v) is 9.53. The molecule has 0 unspecified atom stereocenters. The highest BCUT2D eigenvalue weighted by atomic mass is 127. The Bertz CT molecular complexity index is 847. The molecule has 1 aromatic carbocycles. The molecule has 0 radical (unpaired) electrons. The van der Waals surface area contributed by atoms with E-state index in [-0.39, 0.29) is 24.5 Å². The summed E-state index contributed by atoms with van der Waals surface area (Å²) in [5.41, 5.74) is -0.460. The van der Waals surface area contributed by atoms with Gasteiger partial charge in [-0.1, -0.05) is 19.9 Å². The molecule has 1 aromatic rings. The van der Waals surface area contributed by atoms with Crippen LogP contribution in [-0.2, 0) is 22.1 Å². The Morgan fingerprint density at radius 2 is 1.58 bits per heavy atom. The van der Waals surface area contributed by atoms with Crippen molar-refractivity contribution in [1.29, 1.82) is 0 Å². The van der Waals surface area contributed by atoms with Crippen molar-refractivity contribution in [2.45, 2.75) is 53.1 Å². The predicted octanol–water partition coefficient (Wildman–Crippen LogP) is 4.51. The third kappa shape index (κ3) is 10.5. The van der Waals surface area contributed by atoms with Gasteiger partial charge in [-0.05, 0) is 69.4 Å². The maximum atomic E-state index is 12.6. The summed E-state index contributed by atoms with van der Waals surface area (Å²) in [5, 5.41) is 0. The van der Waals surface area contributed by atoms with E-state index in [9.17, 15) is 19.2 Å². The van der Waals surface area contributed by atoms with Crippen LogP contribution in [0.3, 0.4) is 0 Å². The summed E-state index contributed by atoms with van der Waals surface area (Å²) in [5.74, 6) is -1.37. The second kappa shape index (κ2) is 13.4. The first kappa shape index (κ1) is 28.8. The lowest BCUT2D eigenvalue weighted by Gasteiger charge is -2.35. The zero-order chi connectivity index (χ0) is 25.1. The van der Waals surface area contributed by atoms with Crippen molar-refractivity contribution in [3.63, 3.8) is 0 Å². The lowest BCUT2D eigenvalue weighted by atomic mass is 9.79. The van der Waals surface area contributed by atoms with E-state index in [0.29, 0.717) is 37.0 Å². The standard InChI is InChI=1S/C24H32INO7/c1-6-7-20(28)26(17-27)13-12-23(2,3)16-24(4,5)33-22(30)19-10-8-18(9-11-19)21(29)31-14-15-32-25/h6-11,17H,12-16H2,1-5H3/b7-6-. The van der Waals surface area contributed by atoms with Gasteiger partial charge in [-0.2, -0.15) is 0 Å². The molecule has 0 heterocycles. The van der Waals surface area contributed by atoms with Crippen LogP contribution < -0.4 is 0 Å². The molecule has 0 spiro atoms. The van der Waals surface area contributed by atoms with Crippen LogP contribution in [0.2, 0.25) is 0 Å². The van der Waals surface area contributed by atoms with Gasteiger partial charge in [0.15, 0.2) is 0 Å². The van der Waals surface area contributed by atoms with Gasteiger partial charge in [-0.15, -0.1) is 0 Å². The Balaban J connectivity index is 2.70. The molecule has 0 atom stereocenters. The average Bonchev–Trinajstić information content (AvgIpc) is 2.73. The van der Waals surface area contributed by atoms with E-state index in [1.165, 1.54) is 30.3 Å². The first-order chi connectivity index (χ1) is 15.4. The largest absolute Gasteiger partial charge is 0.460 e. The summed E-state index contributed by atoms with van der Waals surface area (Å²) in [6, 6.07) is 6.06. The number of benzene rings is 1. The van der Waals surface area contributed by atoms with E-state index in [0.717, 1.165) is 4.90 Å².